The van der Waals surface area contributed by atoms with Gasteiger partial charge in [-0.3, -0.25) is 4.79 Å². The van der Waals surface area contributed by atoms with E-state index in [4.69, 9.17) is 0 Å². The van der Waals surface area contributed by atoms with Crippen molar-refractivity contribution in [3.05, 3.63) is 48.9 Å². The summed E-state index contributed by atoms with van der Waals surface area (Å²) < 4.78 is 0. The Morgan fingerprint density at radius 1 is 1.25 bits per heavy atom. The number of nitrogens with one attached hydrogen (secondary N) is 2. The van der Waals surface area contributed by atoms with Crippen LogP contribution in [0.4, 0.5) is 11.6 Å². The Morgan fingerprint density at radius 3 is 3.00 bits per heavy atom. The van der Waals surface area contributed by atoms with E-state index < -0.39 is 0 Å². The third kappa shape index (κ3) is 2.95. The second-order valence-corrected chi connectivity index (χ2v) is 6.10. The summed E-state index contributed by atoms with van der Waals surface area (Å²) in [5.41, 5.74) is 1.85. The molecule has 0 aliphatic carbocycles. The molecule has 2 N–H and O–H groups in total. The van der Waals surface area contributed by atoms with Crippen molar-refractivity contribution in [2.75, 3.05) is 23.3 Å². The molecule has 0 bridgehead atoms. The highest BCUT2D eigenvalue weighted by Gasteiger charge is 2.27. The molecule has 1 amide bonds. The number of fused-ring (bicyclic) bond motifs is 1. The van der Waals surface area contributed by atoms with Gasteiger partial charge in [0.05, 0.1) is 5.92 Å². The number of aromatic nitrogens is 3. The lowest BCUT2D eigenvalue weighted by molar-refractivity contribution is -0.120. The number of anilines is 2. The van der Waals surface area contributed by atoms with Crippen LogP contribution in [0.25, 0.3) is 10.9 Å². The molecule has 3 aromatic rings. The van der Waals surface area contributed by atoms with Crippen LogP contribution >= 0.6 is 0 Å². The van der Waals surface area contributed by atoms with Gasteiger partial charge in [-0.1, -0.05) is 6.07 Å². The lowest BCUT2D eigenvalue weighted by atomic mass is 9.97. The molecule has 4 rings (SSSR count). The molecule has 6 nitrogen and oxygen atoms in total. The van der Waals surface area contributed by atoms with Crippen molar-refractivity contribution in [1.29, 1.82) is 0 Å². The number of aromatic amines is 1. The van der Waals surface area contributed by atoms with Crippen molar-refractivity contribution in [2.45, 2.75) is 12.8 Å². The Kier molecular flexibility index (Phi) is 3.86. The fraction of sp³-hybridized carbons (Fsp3) is 0.278. The van der Waals surface area contributed by atoms with E-state index in [0.717, 1.165) is 36.0 Å². The molecule has 0 saturated carbocycles. The van der Waals surface area contributed by atoms with Gasteiger partial charge in [0.25, 0.3) is 0 Å². The maximum atomic E-state index is 12.6. The number of piperidine rings is 1. The molecule has 122 valence electrons. The van der Waals surface area contributed by atoms with Gasteiger partial charge in [-0.25, -0.2) is 9.97 Å². The van der Waals surface area contributed by atoms with Gasteiger partial charge in [0.15, 0.2) is 0 Å². The highest BCUT2D eigenvalue weighted by molar-refractivity contribution is 5.95. The van der Waals surface area contributed by atoms with Gasteiger partial charge in [0, 0.05) is 42.9 Å². The molecule has 1 aliphatic heterocycles. The average Bonchev–Trinajstić information content (AvgIpc) is 3.10. The van der Waals surface area contributed by atoms with E-state index in [9.17, 15) is 4.79 Å². The number of amides is 1. The quantitative estimate of drug-likeness (QED) is 0.778. The molecule has 0 radical (unpaired) electrons. The summed E-state index contributed by atoms with van der Waals surface area (Å²) in [6.07, 6.45) is 7.22. The van der Waals surface area contributed by atoms with Crippen LogP contribution in [0.2, 0.25) is 0 Å². The lowest BCUT2D eigenvalue weighted by Crippen LogP contribution is -2.41. The molecule has 3 heterocycles. The SMILES string of the molecule is O=C(Nc1ccc2cc[nH]c2c1)[C@H]1CCCN(c2ncccn2)C1. The van der Waals surface area contributed by atoms with E-state index in [1.165, 1.54) is 0 Å². The second-order valence-electron chi connectivity index (χ2n) is 6.10. The number of H-pyrrole nitrogens is 1. The standard InChI is InChI=1S/C18H19N5O/c24-17(22-15-5-4-13-6-9-19-16(13)11-15)14-3-1-10-23(12-14)18-20-7-2-8-21-18/h2,4-9,11,14,19H,1,3,10,12H2,(H,22,24)/t14-/m0/s1. The molecule has 6 heteroatoms. The van der Waals surface area contributed by atoms with Crippen LogP contribution in [0.1, 0.15) is 12.8 Å². The Labute approximate surface area is 139 Å². The molecular formula is C18H19N5O. The number of benzene rings is 1. The third-order valence-corrected chi connectivity index (χ3v) is 4.45. The molecule has 1 aliphatic rings. The number of carbonyl (C=O) groups is 1. The first-order chi connectivity index (χ1) is 11.8. The van der Waals surface area contributed by atoms with Crippen LogP contribution in [0, 0.1) is 5.92 Å². The normalized spacial score (nSPS) is 17.8. The molecule has 24 heavy (non-hydrogen) atoms. The van der Waals surface area contributed by atoms with Gasteiger partial charge in [-0.2, -0.15) is 0 Å². The summed E-state index contributed by atoms with van der Waals surface area (Å²) >= 11 is 0. The summed E-state index contributed by atoms with van der Waals surface area (Å²) in [5.74, 6) is 0.700. The summed E-state index contributed by atoms with van der Waals surface area (Å²) in [5, 5.41) is 4.18. The molecule has 1 saturated heterocycles. The fourth-order valence-electron chi connectivity index (χ4n) is 3.20. The van der Waals surface area contributed by atoms with Crippen molar-refractivity contribution >= 4 is 28.4 Å². The Hall–Kier alpha value is -2.89. The van der Waals surface area contributed by atoms with Crippen molar-refractivity contribution in [1.82, 2.24) is 15.0 Å². The minimum absolute atomic E-state index is 0.0538. The van der Waals surface area contributed by atoms with Gasteiger partial charge in [0.1, 0.15) is 0 Å². The van der Waals surface area contributed by atoms with Gasteiger partial charge < -0.3 is 15.2 Å². The zero-order valence-electron chi connectivity index (χ0n) is 13.3. The zero-order valence-corrected chi connectivity index (χ0v) is 13.3. The van der Waals surface area contributed by atoms with Crippen molar-refractivity contribution in [3.8, 4) is 0 Å². The Bertz CT molecular complexity index is 845. The fourth-order valence-corrected chi connectivity index (χ4v) is 3.20. The van der Waals surface area contributed by atoms with E-state index in [0.29, 0.717) is 12.5 Å². The number of hydrogen-bond donors (Lipinski definition) is 2. The van der Waals surface area contributed by atoms with Gasteiger partial charge in [0.2, 0.25) is 11.9 Å². The third-order valence-electron chi connectivity index (χ3n) is 4.45. The maximum Gasteiger partial charge on any atom is 0.229 e. The van der Waals surface area contributed by atoms with Gasteiger partial charge in [-0.05, 0) is 42.5 Å². The van der Waals surface area contributed by atoms with Crippen molar-refractivity contribution in [3.63, 3.8) is 0 Å². The minimum Gasteiger partial charge on any atom is -0.361 e. The Balaban J connectivity index is 1.45. The number of nitrogens with zero attached hydrogens (tertiary/aromatic N) is 3. The first kappa shape index (κ1) is 14.7. The summed E-state index contributed by atoms with van der Waals surface area (Å²) in [6.45, 7) is 1.54. The minimum atomic E-state index is -0.0538. The highest BCUT2D eigenvalue weighted by atomic mass is 16.1. The molecule has 0 unspecified atom stereocenters. The Morgan fingerprint density at radius 2 is 2.12 bits per heavy atom. The molecule has 1 atom stereocenters. The molecule has 1 fully saturated rings. The van der Waals surface area contributed by atoms with Crippen molar-refractivity contribution in [2.24, 2.45) is 5.92 Å². The van der Waals surface area contributed by atoms with Crippen LogP contribution in [-0.2, 0) is 4.79 Å². The molecular weight excluding hydrogens is 302 g/mol. The van der Waals surface area contributed by atoms with Crippen molar-refractivity contribution < 1.29 is 4.79 Å². The predicted octanol–water partition coefficient (Wildman–Crippen LogP) is 2.81. The molecule has 2 aromatic heterocycles. The topological polar surface area (TPSA) is 73.9 Å². The summed E-state index contributed by atoms with van der Waals surface area (Å²) in [6, 6.07) is 9.73. The monoisotopic (exact) mass is 321 g/mol. The van der Waals surface area contributed by atoms with E-state index >= 15 is 0 Å². The highest BCUT2D eigenvalue weighted by Crippen LogP contribution is 2.23. The van der Waals surface area contributed by atoms with Crippen LogP contribution in [0.3, 0.4) is 0 Å². The van der Waals surface area contributed by atoms with Gasteiger partial charge >= 0.3 is 0 Å². The first-order valence-electron chi connectivity index (χ1n) is 8.19. The predicted molar refractivity (Wildman–Crippen MR) is 93.9 cm³/mol. The number of rotatable bonds is 3. The smallest absolute Gasteiger partial charge is 0.229 e. The second kappa shape index (κ2) is 6.31. The molecule has 0 spiro atoms. The van der Waals surface area contributed by atoms with Gasteiger partial charge in [-0.15, -0.1) is 0 Å². The van der Waals surface area contributed by atoms with E-state index in [2.05, 4.69) is 25.2 Å². The number of hydrogen-bond acceptors (Lipinski definition) is 4. The first-order valence-corrected chi connectivity index (χ1v) is 8.19. The van der Waals surface area contributed by atoms with E-state index in [1.54, 1.807) is 18.5 Å². The summed E-state index contributed by atoms with van der Waals surface area (Å²) in [4.78, 5) is 26.5. The lowest BCUT2D eigenvalue weighted by Gasteiger charge is -2.31. The average molecular weight is 321 g/mol. The maximum absolute atomic E-state index is 12.6. The largest absolute Gasteiger partial charge is 0.361 e. The summed E-state index contributed by atoms with van der Waals surface area (Å²) in [7, 11) is 0. The molecule has 1 aromatic carbocycles. The van der Waals surface area contributed by atoms with E-state index in [-0.39, 0.29) is 11.8 Å². The van der Waals surface area contributed by atoms with Crippen LogP contribution in [-0.4, -0.2) is 33.9 Å². The van der Waals surface area contributed by atoms with Crippen LogP contribution in [0.5, 0.6) is 0 Å². The van der Waals surface area contributed by atoms with E-state index in [1.807, 2.05) is 30.5 Å². The van der Waals surface area contributed by atoms with Crippen LogP contribution < -0.4 is 10.2 Å². The van der Waals surface area contributed by atoms with Crippen LogP contribution in [0.15, 0.2) is 48.9 Å². The zero-order chi connectivity index (χ0) is 16.4. The number of carbonyl (C=O) groups excluding carboxylic acids is 1.